The zero-order chi connectivity index (χ0) is 15.5. The quantitative estimate of drug-likeness (QED) is 0.691. The number of para-hydroxylation sites is 1. The van der Waals surface area contributed by atoms with Crippen LogP contribution >= 0.6 is 27.3 Å². The first kappa shape index (κ1) is 15.0. The summed E-state index contributed by atoms with van der Waals surface area (Å²) in [7, 11) is 1.80. The second-order valence-corrected chi connectivity index (χ2v) is 7.36. The Kier molecular flexibility index (Phi) is 4.40. The molecule has 1 aromatic carbocycles. The Morgan fingerprint density at radius 1 is 1.27 bits per heavy atom. The minimum absolute atomic E-state index is 0.0168. The second-order valence-electron chi connectivity index (χ2n) is 4.89. The van der Waals surface area contributed by atoms with Crippen molar-refractivity contribution in [3.8, 4) is 5.69 Å². The molecule has 0 bridgehead atoms. The van der Waals surface area contributed by atoms with Gasteiger partial charge in [-0.1, -0.05) is 18.2 Å². The normalized spacial score (nSPS) is 10.6. The molecule has 0 saturated carbocycles. The zero-order valence-corrected chi connectivity index (χ0v) is 14.3. The maximum atomic E-state index is 12.3. The molecule has 0 aliphatic carbocycles. The predicted octanol–water partition coefficient (Wildman–Crippen LogP) is 3.97. The molecule has 0 saturated heterocycles. The van der Waals surface area contributed by atoms with Crippen LogP contribution in [0.5, 0.6) is 0 Å². The summed E-state index contributed by atoms with van der Waals surface area (Å²) in [6, 6.07) is 13.6. The first-order valence-corrected chi connectivity index (χ1v) is 8.34. The lowest BCUT2D eigenvalue weighted by Crippen LogP contribution is -2.25. The van der Waals surface area contributed by atoms with E-state index in [1.165, 1.54) is 11.3 Å². The van der Waals surface area contributed by atoms with E-state index in [2.05, 4.69) is 21.0 Å². The van der Waals surface area contributed by atoms with Crippen molar-refractivity contribution in [2.75, 3.05) is 7.05 Å². The van der Waals surface area contributed by atoms with Gasteiger partial charge in [-0.05, 0) is 40.2 Å². The van der Waals surface area contributed by atoms with E-state index in [0.29, 0.717) is 6.54 Å². The van der Waals surface area contributed by atoms with Gasteiger partial charge in [0, 0.05) is 25.4 Å². The SMILES string of the molecule is CN(Cc1cnn(-c2ccccc2)c1)C(=O)c1ccc(Br)s1. The molecular formula is C16H14BrN3OS. The number of halogens is 1. The Labute approximate surface area is 141 Å². The maximum Gasteiger partial charge on any atom is 0.264 e. The van der Waals surface area contributed by atoms with Gasteiger partial charge < -0.3 is 4.90 Å². The van der Waals surface area contributed by atoms with Crippen molar-refractivity contribution in [2.45, 2.75) is 6.54 Å². The van der Waals surface area contributed by atoms with Gasteiger partial charge in [-0.2, -0.15) is 5.10 Å². The average molecular weight is 376 g/mol. The van der Waals surface area contributed by atoms with Gasteiger partial charge >= 0.3 is 0 Å². The Morgan fingerprint density at radius 2 is 2.05 bits per heavy atom. The van der Waals surface area contributed by atoms with Crippen LogP contribution in [0.1, 0.15) is 15.2 Å². The lowest BCUT2D eigenvalue weighted by atomic mass is 10.3. The Hall–Kier alpha value is -1.92. The number of hydrogen-bond donors (Lipinski definition) is 0. The number of hydrogen-bond acceptors (Lipinski definition) is 3. The lowest BCUT2D eigenvalue weighted by molar-refractivity contribution is 0.0790. The van der Waals surface area contributed by atoms with Crippen molar-refractivity contribution in [3.63, 3.8) is 0 Å². The first-order chi connectivity index (χ1) is 10.6. The summed E-state index contributed by atoms with van der Waals surface area (Å²) >= 11 is 4.82. The molecule has 0 unspecified atom stereocenters. The molecule has 0 atom stereocenters. The lowest BCUT2D eigenvalue weighted by Gasteiger charge is -2.14. The third-order valence-electron chi connectivity index (χ3n) is 3.21. The highest BCUT2D eigenvalue weighted by atomic mass is 79.9. The molecule has 1 amide bonds. The summed E-state index contributed by atoms with van der Waals surface area (Å²) < 4.78 is 2.77. The molecule has 3 aromatic rings. The van der Waals surface area contributed by atoms with Crippen molar-refractivity contribution >= 4 is 33.2 Å². The minimum atomic E-state index is 0.0168. The number of aromatic nitrogens is 2. The zero-order valence-electron chi connectivity index (χ0n) is 11.9. The number of benzene rings is 1. The number of carbonyl (C=O) groups excluding carboxylic acids is 1. The minimum Gasteiger partial charge on any atom is -0.337 e. The molecule has 0 aliphatic heterocycles. The van der Waals surface area contributed by atoms with E-state index in [4.69, 9.17) is 0 Å². The van der Waals surface area contributed by atoms with E-state index in [-0.39, 0.29) is 5.91 Å². The Morgan fingerprint density at radius 3 is 2.73 bits per heavy atom. The molecule has 22 heavy (non-hydrogen) atoms. The van der Waals surface area contributed by atoms with Gasteiger partial charge in [0.15, 0.2) is 0 Å². The van der Waals surface area contributed by atoms with Gasteiger partial charge in [0.25, 0.3) is 5.91 Å². The molecule has 0 N–H and O–H groups in total. The van der Waals surface area contributed by atoms with Crippen LogP contribution < -0.4 is 0 Å². The highest BCUT2D eigenvalue weighted by Gasteiger charge is 2.15. The fourth-order valence-electron chi connectivity index (χ4n) is 2.13. The van der Waals surface area contributed by atoms with E-state index < -0.39 is 0 Å². The standard InChI is InChI=1S/C16H14BrN3OS/c1-19(16(21)14-7-8-15(17)22-14)10-12-9-18-20(11-12)13-5-3-2-4-6-13/h2-9,11H,10H2,1H3. The summed E-state index contributed by atoms with van der Waals surface area (Å²) in [5.41, 5.74) is 2.00. The molecule has 2 aromatic heterocycles. The Balaban J connectivity index is 1.71. The molecule has 0 aliphatic rings. The summed E-state index contributed by atoms with van der Waals surface area (Å²) in [6.45, 7) is 0.529. The van der Waals surface area contributed by atoms with Crippen molar-refractivity contribution < 1.29 is 4.79 Å². The van der Waals surface area contributed by atoms with Gasteiger partial charge in [0.2, 0.25) is 0 Å². The van der Waals surface area contributed by atoms with Crippen LogP contribution in [0.4, 0.5) is 0 Å². The van der Waals surface area contributed by atoms with Crippen LogP contribution in [-0.4, -0.2) is 27.6 Å². The molecule has 2 heterocycles. The highest BCUT2D eigenvalue weighted by molar-refractivity contribution is 9.11. The van der Waals surface area contributed by atoms with E-state index >= 15 is 0 Å². The predicted molar refractivity (Wildman–Crippen MR) is 91.4 cm³/mol. The summed E-state index contributed by atoms with van der Waals surface area (Å²) in [5.74, 6) is 0.0168. The summed E-state index contributed by atoms with van der Waals surface area (Å²) in [5, 5.41) is 4.35. The van der Waals surface area contributed by atoms with Crippen molar-refractivity contribution in [3.05, 3.63) is 69.1 Å². The van der Waals surface area contributed by atoms with E-state index in [1.807, 2.05) is 53.3 Å². The second kappa shape index (κ2) is 6.46. The van der Waals surface area contributed by atoms with Crippen LogP contribution in [0, 0.1) is 0 Å². The largest absolute Gasteiger partial charge is 0.337 e. The average Bonchev–Trinajstić information content (AvgIpc) is 3.16. The van der Waals surface area contributed by atoms with Crippen LogP contribution in [0.2, 0.25) is 0 Å². The number of thiophene rings is 1. The fraction of sp³-hybridized carbons (Fsp3) is 0.125. The molecule has 0 radical (unpaired) electrons. The third-order valence-corrected chi connectivity index (χ3v) is 4.82. The van der Waals surface area contributed by atoms with Crippen molar-refractivity contribution in [1.29, 1.82) is 0 Å². The fourth-order valence-corrected chi connectivity index (χ4v) is 3.51. The molecule has 3 rings (SSSR count). The summed E-state index contributed by atoms with van der Waals surface area (Å²) in [6.07, 6.45) is 3.74. The van der Waals surface area contributed by atoms with E-state index in [9.17, 15) is 4.79 Å². The number of nitrogens with zero attached hydrogens (tertiary/aromatic N) is 3. The van der Waals surface area contributed by atoms with Gasteiger partial charge in [0.05, 0.1) is 20.5 Å². The van der Waals surface area contributed by atoms with Crippen LogP contribution in [-0.2, 0) is 6.54 Å². The first-order valence-electron chi connectivity index (χ1n) is 6.73. The number of rotatable bonds is 4. The van der Waals surface area contributed by atoms with Gasteiger partial charge in [-0.15, -0.1) is 11.3 Å². The molecular weight excluding hydrogens is 362 g/mol. The summed E-state index contributed by atoms with van der Waals surface area (Å²) in [4.78, 5) is 14.8. The van der Waals surface area contributed by atoms with Crippen molar-refractivity contribution in [2.24, 2.45) is 0 Å². The van der Waals surface area contributed by atoms with E-state index in [0.717, 1.165) is 19.9 Å². The molecule has 0 fully saturated rings. The molecule has 4 nitrogen and oxygen atoms in total. The van der Waals surface area contributed by atoms with Gasteiger partial charge in [-0.3, -0.25) is 4.79 Å². The third kappa shape index (κ3) is 3.28. The number of carbonyl (C=O) groups is 1. The number of amides is 1. The molecule has 112 valence electrons. The van der Waals surface area contributed by atoms with E-state index in [1.54, 1.807) is 18.1 Å². The van der Waals surface area contributed by atoms with Crippen molar-refractivity contribution in [1.82, 2.24) is 14.7 Å². The van der Waals surface area contributed by atoms with Crippen LogP contribution in [0.15, 0.2) is 58.6 Å². The molecule has 6 heteroatoms. The topological polar surface area (TPSA) is 38.1 Å². The smallest absolute Gasteiger partial charge is 0.264 e. The highest BCUT2D eigenvalue weighted by Crippen LogP contribution is 2.23. The maximum absolute atomic E-state index is 12.3. The monoisotopic (exact) mass is 375 g/mol. The van der Waals surface area contributed by atoms with Gasteiger partial charge in [0.1, 0.15) is 0 Å². The van der Waals surface area contributed by atoms with Gasteiger partial charge in [-0.25, -0.2) is 4.68 Å². The Bertz CT molecular complexity index is 782. The molecule has 0 spiro atoms. The van der Waals surface area contributed by atoms with Crippen LogP contribution in [0.25, 0.3) is 5.69 Å². The van der Waals surface area contributed by atoms with Crippen LogP contribution in [0.3, 0.4) is 0 Å².